The van der Waals surface area contributed by atoms with Crippen LogP contribution in [-0.4, -0.2) is 44.1 Å². The standard InChI is InChI=1S/C11H15NO4.C2H6.CH4O/c1-15-9-4-3-8(10(5-9)16-2)6-12-7-11(13)14;2*1-2/h3-5,12H,6-7H2,1-2H3,(H,13,14);1-2H3;2H,1H3. The number of benzene rings is 1. The van der Waals surface area contributed by atoms with E-state index in [0.717, 1.165) is 12.7 Å². The topological polar surface area (TPSA) is 88.0 Å². The summed E-state index contributed by atoms with van der Waals surface area (Å²) in [4.78, 5) is 10.3. The molecule has 0 bridgehead atoms. The molecule has 0 aliphatic rings. The van der Waals surface area contributed by atoms with Crippen molar-refractivity contribution in [3.63, 3.8) is 0 Å². The van der Waals surface area contributed by atoms with E-state index in [9.17, 15) is 4.79 Å². The lowest BCUT2D eigenvalue weighted by atomic mass is 10.2. The van der Waals surface area contributed by atoms with Crippen LogP contribution in [0.4, 0.5) is 0 Å². The summed E-state index contributed by atoms with van der Waals surface area (Å²) in [5.41, 5.74) is 0.893. The Hall–Kier alpha value is -1.79. The molecule has 0 saturated carbocycles. The number of aliphatic hydroxyl groups excluding tert-OH is 1. The number of methoxy groups -OCH3 is 2. The van der Waals surface area contributed by atoms with Gasteiger partial charge in [-0.2, -0.15) is 0 Å². The summed E-state index contributed by atoms with van der Waals surface area (Å²) in [5.74, 6) is 0.503. The average Bonchev–Trinajstić information content (AvgIpc) is 2.51. The number of aliphatic hydroxyl groups is 1. The van der Waals surface area contributed by atoms with Gasteiger partial charge < -0.3 is 25.0 Å². The number of aliphatic carboxylic acids is 1. The maximum absolute atomic E-state index is 10.3. The van der Waals surface area contributed by atoms with E-state index in [0.29, 0.717) is 18.0 Å². The fraction of sp³-hybridized carbons (Fsp3) is 0.500. The van der Waals surface area contributed by atoms with E-state index in [-0.39, 0.29) is 6.54 Å². The zero-order chi connectivity index (χ0) is 16.0. The van der Waals surface area contributed by atoms with Crippen LogP contribution in [0.25, 0.3) is 0 Å². The van der Waals surface area contributed by atoms with Gasteiger partial charge in [0.1, 0.15) is 11.5 Å². The number of nitrogens with one attached hydrogen (secondary N) is 1. The molecule has 0 aliphatic heterocycles. The van der Waals surface area contributed by atoms with E-state index >= 15 is 0 Å². The maximum atomic E-state index is 10.3. The number of carbonyl (C=O) groups is 1. The molecule has 0 fully saturated rings. The van der Waals surface area contributed by atoms with Gasteiger partial charge in [-0.1, -0.05) is 19.9 Å². The van der Waals surface area contributed by atoms with Crippen molar-refractivity contribution in [2.24, 2.45) is 0 Å². The van der Waals surface area contributed by atoms with Crippen molar-refractivity contribution in [1.29, 1.82) is 0 Å². The maximum Gasteiger partial charge on any atom is 0.317 e. The summed E-state index contributed by atoms with van der Waals surface area (Å²) < 4.78 is 10.2. The highest BCUT2D eigenvalue weighted by Crippen LogP contribution is 2.24. The van der Waals surface area contributed by atoms with Gasteiger partial charge in [-0.3, -0.25) is 4.79 Å². The van der Waals surface area contributed by atoms with Gasteiger partial charge in [0.25, 0.3) is 0 Å². The van der Waals surface area contributed by atoms with Crippen LogP contribution < -0.4 is 14.8 Å². The summed E-state index contributed by atoms with van der Waals surface area (Å²) in [7, 11) is 4.15. The van der Waals surface area contributed by atoms with Gasteiger partial charge in [0.2, 0.25) is 0 Å². The van der Waals surface area contributed by atoms with E-state index in [2.05, 4.69) is 5.32 Å². The molecule has 20 heavy (non-hydrogen) atoms. The molecule has 0 atom stereocenters. The van der Waals surface area contributed by atoms with Gasteiger partial charge in [0, 0.05) is 25.3 Å². The van der Waals surface area contributed by atoms with Crippen LogP contribution in [0.2, 0.25) is 0 Å². The molecule has 6 nitrogen and oxygen atoms in total. The minimum absolute atomic E-state index is 0.0742. The van der Waals surface area contributed by atoms with Crippen molar-refractivity contribution < 1.29 is 24.5 Å². The molecule has 116 valence electrons. The second kappa shape index (κ2) is 13.6. The van der Waals surface area contributed by atoms with E-state index in [4.69, 9.17) is 19.7 Å². The molecule has 6 heteroatoms. The molecular weight excluding hydrogens is 262 g/mol. The van der Waals surface area contributed by atoms with Crippen LogP contribution in [0.15, 0.2) is 18.2 Å². The quantitative estimate of drug-likeness (QED) is 0.735. The predicted octanol–water partition coefficient (Wildman–Crippen LogP) is 1.51. The highest BCUT2D eigenvalue weighted by molar-refractivity contribution is 5.69. The Morgan fingerprint density at radius 3 is 2.25 bits per heavy atom. The Kier molecular flexibility index (Phi) is 14.0. The van der Waals surface area contributed by atoms with Gasteiger partial charge >= 0.3 is 5.97 Å². The Labute approximate surface area is 120 Å². The van der Waals surface area contributed by atoms with Crippen LogP contribution in [-0.2, 0) is 11.3 Å². The monoisotopic (exact) mass is 287 g/mol. The highest BCUT2D eigenvalue weighted by atomic mass is 16.5. The smallest absolute Gasteiger partial charge is 0.317 e. The third kappa shape index (κ3) is 8.34. The van der Waals surface area contributed by atoms with E-state index in [1.54, 1.807) is 26.4 Å². The number of carboxylic acid groups (broad SMARTS) is 1. The third-order valence-corrected chi connectivity index (χ3v) is 2.09. The molecule has 0 aliphatic carbocycles. The second-order valence-corrected chi connectivity index (χ2v) is 3.18. The number of hydrogen-bond donors (Lipinski definition) is 3. The minimum Gasteiger partial charge on any atom is -0.497 e. The number of carboxylic acids is 1. The van der Waals surface area contributed by atoms with Crippen molar-refractivity contribution in [2.45, 2.75) is 20.4 Å². The zero-order valence-corrected chi connectivity index (χ0v) is 12.8. The van der Waals surface area contributed by atoms with E-state index in [1.165, 1.54) is 0 Å². The van der Waals surface area contributed by atoms with Gasteiger partial charge in [-0.15, -0.1) is 0 Å². The lowest BCUT2D eigenvalue weighted by Gasteiger charge is -2.10. The van der Waals surface area contributed by atoms with E-state index < -0.39 is 5.97 Å². The summed E-state index contributed by atoms with van der Waals surface area (Å²) in [6.45, 7) is 4.37. The number of rotatable bonds is 6. The zero-order valence-electron chi connectivity index (χ0n) is 12.8. The van der Waals surface area contributed by atoms with Gasteiger partial charge in [-0.25, -0.2) is 0 Å². The van der Waals surface area contributed by atoms with Crippen LogP contribution in [0.1, 0.15) is 19.4 Å². The van der Waals surface area contributed by atoms with Crippen molar-refractivity contribution in [3.05, 3.63) is 23.8 Å². The molecule has 0 unspecified atom stereocenters. The normalized spacial score (nSPS) is 8.50. The molecule has 0 amide bonds. The van der Waals surface area contributed by atoms with E-state index in [1.807, 2.05) is 19.9 Å². The summed E-state index contributed by atoms with van der Waals surface area (Å²) >= 11 is 0. The Morgan fingerprint density at radius 1 is 1.20 bits per heavy atom. The first-order valence-electron chi connectivity index (χ1n) is 6.25. The fourth-order valence-electron chi connectivity index (χ4n) is 1.30. The first kappa shape index (κ1) is 20.5. The molecule has 1 aromatic rings. The van der Waals surface area contributed by atoms with Crippen LogP contribution in [0.3, 0.4) is 0 Å². The first-order chi connectivity index (χ1) is 9.67. The fourth-order valence-corrected chi connectivity index (χ4v) is 1.30. The molecule has 0 heterocycles. The van der Waals surface area contributed by atoms with Gasteiger partial charge in [0.05, 0.1) is 20.8 Å². The molecule has 3 N–H and O–H groups in total. The van der Waals surface area contributed by atoms with Crippen molar-refractivity contribution in [3.8, 4) is 11.5 Å². The Balaban J connectivity index is 0. The molecular formula is C14H25NO5. The van der Waals surface area contributed by atoms with Crippen LogP contribution in [0.5, 0.6) is 11.5 Å². The summed E-state index contributed by atoms with van der Waals surface area (Å²) in [6, 6.07) is 5.41. The Bertz CT molecular complexity index is 369. The van der Waals surface area contributed by atoms with Crippen molar-refractivity contribution in [1.82, 2.24) is 5.32 Å². The minimum atomic E-state index is -0.882. The van der Waals surface area contributed by atoms with Gasteiger partial charge in [0.15, 0.2) is 0 Å². The first-order valence-corrected chi connectivity index (χ1v) is 6.25. The Morgan fingerprint density at radius 2 is 1.80 bits per heavy atom. The predicted molar refractivity (Wildman–Crippen MR) is 78.4 cm³/mol. The van der Waals surface area contributed by atoms with Crippen LogP contribution >= 0.6 is 0 Å². The second-order valence-electron chi connectivity index (χ2n) is 3.18. The number of ether oxygens (including phenoxy) is 2. The summed E-state index contributed by atoms with van der Waals surface area (Å²) in [5, 5.41) is 18.3. The lowest BCUT2D eigenvalue weighted by molar-refractivity contribution is -0.136. The molecule has 0 spiro atoms. The molecule has 0 aromatic heterocycles. The highest BCUT2D eigenvalue weighted by Gasteiger charge is 2.05. The molecule has 1 aromatic carbocycles. The third-order valence-electron chi connectivity index (χ3n) is 2.09. The van der Waals surface area contributed by atoms with Crippen molar-refractivity contribution >= 4 is 5.97 Å². The molecule has 1 rings (SSSR count). The largest absolute Gasteiger partial charge is 0.497 e. The summed E-state index contributed by atoms with van der Waals surface area (Å²) in [6.07, 6.45) is 0. The van der Waals surface area contributed by atoms with Crippen LogP contribution in [0, 0.1) is 0 Å². The van der Waals surface area contributed by atoms with Gasteiger partial charge in [-0.05, 0) is 6.07 Å². The molecule has 0 radical (unpaired) electrons. The average molecular weight is 287 g/mol. The number of hydrogen-bond acceptors (Lipinski definition) is 5. The lowest BCUT2D eigenvalue weighted by Crippen LogP contribution is -2.22. The molecule has 0 saturated heterocycles. The SMILES string of the molecule is CC.CO.COc1ccc(CNCC(=O)O)c(OC)c1. The van der Waals surface area contributed by atoms with Crippen molar-refractivity contribution in [2.75, 3.05) is 27.9 Å².